The molecular formula is C10H17NO3. The van der Waals surface area contributed by atoms with Gasteiger partial charge in [0.2, 0.25) is 0 Å². The van der Waals surface area contributed by atoms with E-state index >= 15 is 0 Å². The fourth-order valence-corrected chi connectivity index (χ4v) is 2.33. The monoisotopic (exact) mass is 199 g/mol. The zero-order valence-corrected chi connectivity index (χ0v) is 8.57. The molecule has 2 fully saturated rings. The van der Waals surface area contributed by atoms with Gasteiger partial charge in [0.25, 0.3) is 0 Å². The van der Waals surface area contributed by atoms with E-state index in [-0.39, 0.29) is 18.2 Å². The van der Waals surface area contributed by atoms with Crippen LogP contribution in [0.15, 0.2) is 0 Å². The average Bonchev–Trinajstić information content (AvgIpc) is 2.17. The molecular weight excluding hydrogens is 182 g/mol. The van der Waals surface area contributed by atoms with Crippen molar-refractivity contribution >= 4 is 6.09 Å². The summed E-state index contributed by atoms with van der Waals surface area (Å²) >= 11 is 0. The Morgan fingerprint density at radius 2 is 2.07 bits per heavy atom. The van der Waals surface area contributed by atoms with Gasteiger partial charge in [0.15, 0.2) is 0 Å². The number of morpholine rings is 1. The van der Waals surface area contributed by atoms with E-state index in [0.717, 1.165) is 12.8 Å². The van der Waals surface area contributed by atoms with E-state index < -0.39 is 0 Å². The summed E-state index contributed by atoms with van der Waals surface area (Å²) in [6, 6.07) is 0.503. The van der Waals surface area contributed by atoms with Gasteiger partial charge in [-0.25, -0.2) is 4.79 Å². The van der Waals surface area contributed by atoms with Gasteiger partial charge in [-0.1, -0.05) is 0 Å². The molecule has 0 aromatic carbocycles. The van der Waals surface area contributed by atoms with Crippen molar-refractivity contribution in [2.24, 2.45) is 0 Å². The van der Waals surface area contributed by atoms with Crippen molar-refractivity contribution in [2.45, 2.75) is 38.3 Å². The molecule has 80 valence electrons. The first kappa shape index (κ1) is 9.77. The van der Waals surface area contributed by atoms with Crippen LogP contribution in [0.4, 0.5) is 4.79 Å². The molecule has 0 aromatic rings. The highest BCUT2D eigenvalue weighted by Gasteiger charge is 2.38. The first-order valence-electron chi connectivity index (χ1n) is 5.35. The van der Waals surface area contributed by atoms with Gasteiger partial charge in [0, 0.05) is 0 Å². The van der Waals surface area contributed by atoms with Crippen LogP contribution in [0.1, 0.15) is 26.2 Å². The molecule has 0 spiro atoms. The van der Waals surface area contributed by atoms with Crippen LogP contribution in [0.5, 0.6) is 0 Å². The number of hydrogen-bond acceptors (Lipinski definition) is 3. The maximum atomic E-state index is 11.7. The fourth-order valence-electron chi connectivity index (χ4n) is 2.33. The minimum Gasteiger partial charge on any atom is -0.450 e. The van der Waals surface area contributed by atoms with Crippen LogP contribution in [-0.2, 0) is 9.47 Å². The second-order valence-corrected chi connectivity index (χ2v) is 3.88. The fraction of sp³-hybridized carbons (Fsp3) is 0.900. The molecule has 0 saturated carbocycles. The zero-order chi connectivity index (χ0) is 9.97. The van der Waals surface area contributed by atoms with Gasteiger partial charge < -0.3 is 9.47 Å². The second kappa shape index (κ2) is 4.17. The Kier molecular flexibility index (Phi) is 2.91. The third kappa shape index (κ3) is 1.71. The number of carbonyl (C=O) groups is 1. The van der Waals surface area contributed by atoms with Crippen molar-refractivity contribution in [2.75, 3.05) is 19.8 Å². The minimum atomic E-state index is -0.162. The lowest BCUT2D eigenvalue weighted by atomic mass is 9.95. The summed E-state index contributed by atoms with van der Waals surface area (Å²) in [5.41, 5.74) is 0. The summed E-state index contributed by atoms with van der Waals surface area (Å²) in [6.07, 6.45) is 3.14. The van der Waals surface area contributed by atoms with E-state index in [2.05, 4.69) is 0 Å². The Morgan fingerprint density at radius 1 is 1.43 bits per heavy atom. The van der Waals surface area contributed by atoms with Crippen LogP contribution >= 0.6 is 0 Å². The number of nitrogens with zero attached hydrogens (tertiary/aromatic N) is 1. The molecule has 1 amide bonds. The van der Waals surface area contributed by atoms with E-state index in [1.54, 1.807) is 0 Å². The average molecular weight is 199 g/mol. The predicted octanol–water partition coefficient (Wildman–Crippen LogP) is 1.40. The Bertz CT molecular complexity index is 197. The van der Waals surface area contributed by atoms with Gasteiger partial charge in [-0.2, -0.15) is 0 Å². The predicted molar refractivity (Wildman–Crippen MR) is 51.1 cm³/mol. The number of carbonyl (C=O) groups excluding carboxylic acids is 1. The Hall–Kier alpha value is -0.770. The van der Waals surface area contributed by atoms with E-state index in [1.807, 2.05) is 11.8 Å². The van der Waals surface area contributed by atoms with Crippen molar-refractivity contribution < 1.29 is 14.3 Å². The number of rotatable bonds is 1. The quantitative estimate of drug-likeness (QED) is 0.640. The molecule has 2 saturated heterocycles. The maximum absolute atomic E-state index is 11.7. The van der Waals surface area contributed by atoms with Crippen LogP contribution in [-0.4, -0.2) is 42.9 Å². The summed E-state index contributed by atoms with van der Waals surface area (Å²) in [5, 5.41) is 0. The van der Waals surface area contributed by atoms with Gasteiger partial charge in [0.05, 0.1) is 31.9 Å². The molecule has 2 bridgehead atoms. The molecule has 2 unspecified atom stereocenters. The lowest BCUT2D eigenvalue weighted by Gasteiger charge is -2.44. The summed E-state index contributed by atoms with van der Waals surface area (Å²) in [5.74, 6) is 0. The molecule has 2 atom stereocenters. The molecule has 0 N–H and O–H groups in total. The van der Waals surface area contributed by atoms with Crippen molar-refractivity contribution in [3.63, 3.8) is 0 Å². The molecule has 2 aliphatic heterocycles. The molecule has 4 nitrogen and oxygen atoms in total. The molecule has 14 heavy (non-hydrogen) atoms. The first-order valence-corrected chi connectivity index (χ1v) is 5.35. The third-order valence-corrected chi connectivity index (χ3v) is 2.96. The Morgan fingerprint density at radius 3 is 2.64 bits per heavy atom. The van der Waals surface area contributed by atoms with Crippen molar-refractivity contribution in [3.8, 4) is 0 Å². The normalized spacial score (nSPS) is 31.4. The molecule has 2 heterocycles. The van der Waals surface area contributed by atoms with Crippen molar-refractivity contribution in [1.82, 2.24) is 4.90 Å². The van der Waals surface area contributed by atoms with E-state index in [4.69, 9.17) is 9.47 Å². The summed E-state index contributed by atoms with van der Waals surface area (Å²) in [4.78, 5) is 13.5. The molecule has 0 aliphatic carbocycles. The highest BCUT2D eigenvalue weighted by Crippen LogP contribution is 2.27. The summed E-state index contributed by atoms with van der Waals surface area (Å²) in [6.45, 7) is 3.65. The van der Waals surface area contributed by atoms with E-state index in [9.17, 15) is 4.79 Å². The Balaban J connectivity index is 2.04. The third-order valence-electron chi connectivity index (χ3n) is 2.96. The van der Waals surface area contributed by atoms with Crippen molar-refractivity contribution in [1.29, 1.82) is 0 Å². The number of amides is 1. The zero-order valence-electron chi connectivity index (χ0n) is 8.57. The smallest absolute Gasteiger partial charge is 0.410 e. The van der Waals surface area contributed by atoms with Gasteiger partial charge in [-0.3, -0.25) is 4.90 Å². The largest absolute Gasteiger partial charge is 0.450 e. The summed E-state index contributed by atoms with van der Waals surface area (Å²) < 4.78 is 10.5. The van der Waals surface area contributed by atoms with Crippen LogP contribution in [0.2, 0.25) is 0 Å². The molecule has 2 aliphatic rings. The topological polar surface area (TPSA) is 38.8 Å². The van der Waals surface area contributed by atoms with Gasteiger partial charge >= 0.3 is 6.09 Å². The maximum Gasteiger partial charge on any atom is 0.410 e. The number of fused-ring (bicyclic) bond motifs is 2. The standard InChI is InChI=1S/C10H17NO3/c1-2-14-10(12)11-8-4-3-5-9(11)7-13-6-8/h8-9H,2-7H2,1H3. The first-order chi connectivity index (χ1) is 6.83. The number of ether oxygens (including phenoxy) is 2. The summed E-state index contributed by atoms with van der Waals surface area (Å²) in [7, 11) is 0. The van der Waals surface area contributed by atoms with Crippen molar-refractivity contribution in [3.05, 3.63) is 0 Å². The van der Waals surface area contributed by atoms with Crippen LogP contribution < -0.4 is 0 Å². The number of piperidine rings is 1. The van der Waals surface area contributed by atoms with E-state index in [0.29, 0.717) is 19.8 Å². The van der Waals surface area contributed by atoms with Crippen LogP contribution in [0, 0.1) is 0 Å². The van der Waals surface area contributed by atoms with Gasteiger partial charge in [-0.15, -0.1) is 0 Å². The van der Waals surface area contributed by atoms with Crippen LogP contribution in [0.25, 0.3) is 0 Å². The second-order valence-electron chi connectivity index (χ2n) is 3.88. The lowest BCUT2D eigenvalue weighted by Crippen LogP contribution is -2.57. The lowest BCUT2D eigenvalue weighted by molar-refractivity contribution is -0.0646. The SMILES string of the molecule is CCOC(=O)N1C2CCCC1COC2. The van der Waals surface area contributed by atoms with Gasteiger partial charge in [0.1, 0.15) is 0 Å². The van der Waals surface area contributed by atoms with Crippen LogP contribution in [0.3, 0.4) is 0 Å². The highest BCUT2D eigenvalue weighted by molar-refractivity contribution is 5.68. The van der Waals surface area contributed by atoms with Gasteiger partial charge in [-0.05, 0) is 26.2 Å². The van der Waals surface area contributed by atoms with E-state index in [1.165, 1.54) is 6.42 Å². The molecule has 4 heteroatoms. The molecule has 2 rings (SSSR count). The number of hydrogen-bond donors (Lipinski definition) is 0. The molecule has 0 radical (unpaired) electrons. The molecule has 0 aromatic heterocycles. The minimum absolute atomic E-state index is 0.162. The highest BCUT2D eigenvalue weighted by atomic mass is 16.6. The Labute approximate surface area is 84.2 Å².